The predicted molar refractivity (Wildman–Crippen MR) is 78.9 cm³/mol. The summed E-state index contributed by atoms with van der Waals surface area (Å²) in [7, 11) is 1.81. The van der Waals surface area contributed by atoms with Crippen LogP contribution < -0.4 is 0 Å². The second-order valence-corrected chi connectivity index (χ2v) is 5.27. The third kappa shape index (κ3) is 3.41. The van der Waals surface area contributed by atoms with E-state index in [0.29, 0.717) is 16.7 Å². The Morgan fingerprint density at radius 2 is 2.05 bits per heavy atom. The minimum absolute atomic E-state index is 0.00801. The fraction of sp³-hybridized carbons (Fsp3) is 0.200. The average molecular weight is 319 g/mol. The van der Waals surface area contributed by atoms with Crippen LogP contribution in [-0.2, 0) is 6.54 Å². The molecule has 0 aliphatic rings. The molecule has 0 bridgehead atoms. The molecule has 1 aromatic heterocycles. The Bertz CT molecular complexity index is 598. The zero-order chi connectivity index (χ0) is 13.8. The van der Waals surface area contributed by atoms with Gasteiger partial charge in [0.1, 0.15) is 4.60 Å². The van der Waals surface area contributed by atoms with Crippen LogP contribution in [0.5, 0.6) is 0 Å². The van der Waals surface area contributed by atoms with Gasteiger partial charge in [0.2, 0.25) is 0 Å². The summed E-state index contributed by atoms with van der Waals surface area (Å²) in [6, 6.07) is 11.5. The highest BCUT2D eigenvalue weighted by Crippen LogP contribution is 2.13. The van der Waals surface area contributed by atoms with Gasteiger partial charge in [0.05, 0.1) is 0 Å². The summed E-state index contributed by atoms with van der Waals surface area (Å²) in [6.07, 6.45) is 1.62. The molecule has 0 unspecified atom stereocenters. The number of hydrogen-bond acceptors (Lipinski definition) is 2. The highest BCUT2D eigenvalue weighted by molar-refractivity contribution is 9.10. The van der Waals surface area contributed by atoms with Crippen LogP contribution in [0.4, 0.5) is 0 Å². The molecule has 19 heavy (non-hydrogen) atoms. The summed E-state index contributed by atoms with van der Waals surface area (Å²) >= 11 is 3.28. The van der Waals surface area contributed by atoms with Gasteiger partial charge in [-0.05, 0) is 46.1 Å². The summed E-state index contributed by atoms with van der Waals surface area (Å²) in [5.41, 5.74) is 2.99. The molecule has 0 saturated carbocycles. The van der Waals surface area contributed by atoms with Crippen molar-refractivity contribution in [2.24, 2.45) is 0 Å². The first-order valence-electron chi connectivity index (χ1n) is 5.99. The second-order valence-electron chi connectivity index (χ2n) is 4.45. The van der Waals surface area contributed by atoms with Crippen molar-refractivity contribution in [2.45, 2.75) is 13.5 Å². The molecule has 0 saturated heterocycles. The van der Waals surface area contributed by atoms with Gasteiger partial charge >= 0.3 is 0 Å². The lowest BCUT2D eigenvalue weighted by Gasteiger charge is -2.18. The first-order valence-corrected chi connectivity index (χ1v) is 6.79. The number of aromatic nitrogens is 1. The molecule has 0 aliphatic heterocycles. The number of benzene rings is 1. The molecule has 1 heterocycles. The van der Waals surface area contributed by atoms with Crippen molar-refractivity contribution in [1.82, 2.24) is 9.88 Å². The van der Waals surface area contributed by atoms with Crippen molar-refractivity contribution in [1.29, 1.82) is 0 Å². The molecule has 98 valence electrons. The standard InChI is InChI=1S/C15H15BrN2O/c1-11-5-3-4-6-13(11)10-18(2)15(19)12-7-8-17-14(16)9-12/h3-9H,10H2,1-2H3. The van der Waals surface area contributed by atoms with Crippen LogP contribution in [0.25, 0.3) is 0 Å². The molecule has 2 rings (SSSR count). The highest BCUT2D eigenvalue weighted by Gasteiger charge is 2.13. The van der Waals surface area contributed by atoms with Crippen molar-refractivity contribution in [3.05, 3.63) is 63.9 Å². The molecule has 1 amide bonds. The molecule has 1 aromatic carbocycles. The van der Waals surface area contributed by atoms with Gasteiger partial charge in [0.25, 0.3) is 5.91 Å². The van der Waals surface area contributed by atoms with Crippen LogP contribution in [0.2, 0.25) is 0 Å². The first-order chi connectivity index (χ1) is 9.08. The minimum Gasteiger partial charge on any atom is -0.337 e. The van der Waals surface area contributed by atoms with Crippen molar-refractivity contribution in [3.63, 3.8) is 0 Å². The topological polar surface area (TPSA) is 33.2 Å². The van der Waals surface area contributed by atoms with E-state index in [2.05, 4.69) is 33.9 Å². The van der Waals surface area contributed by atoms with Gasteiger partial charge in [-0.2, -0.15) is 0 Å². The van der Waals surface area contributed by atoms with Crippen LogP contribution >= 0.6 is 15.9 Å². The molecule has 0 atom stereocenters. The second kappa shape index (κ2) is 5.97. The SMILES string of the molecule is Cc1ccccc1CN(C)C(=O)c1ccnc(Br)c1. The van der Waals surface area contributed by atoms with Crippen LogP contribution in [0.15, 0.2) is 47.2 Å². The fourth-order valence-electron chi connectivity index (χ4n) is 1.87. The van der Waals surface area contributed by atoms with E-state index in [1.807, 2.05) is 25.2 Å². The average Bonchev–Trinajstić information content (AvgIpc) is 2.40. The van der Waals surface area contributed by atoms with E-state index in [-0.39, 0.29) is 5.91 Å². The van der Waals surface area contributed by atoms with Crippen molar-refractivity contribution in [2.75, 3.05) is 7.05 Å². The van der Waals surface area contributed by atoms with Crippen LogP contribution in [0.3, 0.4) is 0 Å². The molecule has 0 spiro atoms. The van der Waals surface area contributed by atoms with E-state index < -0.39 is 0 Å². The summed E-state index contributed by atoms with van der Waals surface area (Å²) < 4.78 is 0.669. The molecule has 0 N–H and O–H groups in total. The van der Waals surface area contributed by atoms with E-state index >= 15 is 0 Å². The predicted octanol–water partition coefficient (Wildman–Crippen LogP) is 3.42. The first kappa shape index (κ1) is 13.7. The fourth-order valence-corrected chi connectivity index (χ4v) is 2.24. The largest absolute Gasteiger partial charge is 0.337 e. The maximum Gasteiger partial charge on any atom is 0.254 e. The molecule has 0 fully saturated rings. The number of pyridine rings is 1. The molecular weight excluding hydrogens is 304 g/mol. The summed E-state index contributed by atoms with van der Waals surface area (Å²) in [4.78, 5) is 18.0. The monoisotopic (exact) mass is 318 g/mol. The van der Waals surface area contributed by atoms with Gasteiger partial charge in [0.15, 0.2) is 0 Å². The number of halogens is 1. The number of aryl methyl sites for hydroxylation is 1. The molecular formula is C15H15BrN2O. The van der Waals surface area contributed by atoms with Crippen molar-refractivity contribution < 1.29 is 4.79 Å². The molecule has 3 nitrogen and oxygen atoms in total. The van der Waals surface area contributed by atoms with Crippen molar-refractivity contribution >= 4 is 21.8 Å². The number of hydrogen-bond donors (Lipinski definition) is 0. The minimum atomic E-state index is -0.00801. The number of rotatable bonds is 3. The summed E-state index contributed by atoms with van der Waals surface area (Å²) in [5.74, 6) is -0.00801. The van der Waals surface area contributed by atoms with Gasteiger partial charge < -0.3 is 4.90 Å². The molecule has 2 aromatic rings. The zero-order valence-corrected chi connectivity index (χ0v) is 12.5. The summed E-state index contributed by atoms with van der Waals surface area (Å²) in [5, 5.41) is 0. The van der Waals surface area contributed by atoms with Gasteiger partial charge in [-0.15, -0.1) is 0 Å². The molecule has 0 radical (unpaired) electrons. The quantitative estimate of drug-likeness (QED) is 0.812. The smallest absolute Gasteiger partial charge is 0.254 e. The van der Waals surface area contributed by atoms with Gasteiger partial charge in [0, 0.05) is 25.4 Å². The lowest BCUT2D eigenvalue weighted by Crippen LogP contribution is -2.26. The number of carbonyl (C=O) groups is 1. The number of carbonyl (C=O) groups excluding carboxylic acids is 1. The highest BCUT2D eigenvalue weighted by atomic mass is 79.9. The number of amides is 1. The zero-order valence-electron chi connectivity index (χ0n) is 10.9. The maximum absolute atomic E-state index is 12.3. The van der Waals surface area contributed by atoms with E-state index in [1.165, 1.54) is 5.56 Å². The Hall–Kier alpha value is -1.68. The third-order valence-electron chi connectivity index (χ3n) is 2.99. The van der Waals surface area contributed by atoms with Gasteiger partial charge in [-0.3, -0.25) is 4.79 Å². The third-order valence-corrected chi connectivity index (χ3v) is 3.42. The maximum atomic E-state index is 12.3. The Kier molecular flexibility index (Phi) is 4.32. The Labute approximate surface area is 121 Å². The van der Waals surface area contributed by atoms with E-state index in [9.17, 15) is 4.79 Å². The normalized spacial score (nSPS) is 10.3. The Morgan fingerprint density at radius 3 is 2.74 bits per heavy atom. The van der Waals surface area contributed by atoms with E-state index in [4.69, 9.17) is 0 Å². The van der Waals surface area contributed by atoms with Gasteiger partial charge in [-0.1, -0.05) is 24.3 Å². The Morgan fingerprint density at radius 1 is 1.32 bits per heavy atom. The Balaban J connectivity index is 2.14. The van der Waals surface area contributed by atoms with E-state index in [0.717, 1.165) is 5.56 Å². The number of nitrogens with zero attached hydrogens (tertiary/aromatic N) is 2. The molecule has 4 heteroatoms. The van der Waals surface area contributed by atoms with E-state index in [1.54, 1.807) is 23.2 Å². The van der Waals surface area contributed by atoms with Crippen molar-refractivity contribution in [3.8, 4) is 0 Å². The lowest BCUT2D eigenvalue weighted by atomic mass is 10.1. The molecule has 0 aliphatic carbocycles. The van der Waals surface area contributed by atoms with Gasteiger partial charge in [-0.25, -0.2) is 4.98 Å². The van der Waals surface area contributed by atoms with Crippen LogP contribution in [-0.4, -0.2) is 22.8 Å². The van der Waals surface area contributed by atoms with Crippen LogP contribution in [0, 0.1) is 6.92 Å². The van der Waals surface area contributed by atoms with Crippen LogP contribution in [0.1, 0.15) is 21.5 Å². The summed E-state index contributed by atoms with van der Waals surface area (Å²) in [6.45, 7) is 2.65. The lowest BCUT2D eigenvalue weighted by molar-refractivity contribution is 0.0784.